The van der Waals surface area contributed by atoms with E-state index in [9.17, 15) is 4.79 Å². The maximum Gasteiger partial charge on any atom is 0.136 e. The van der Waals surface area contributed by atoms with Crippen LogP contribution in [0.15, 0.2) is 12.2 Å². The van der Waals surface area contributed by atoms with E-state index in [0.717, 1.165) is 6.42 Å². The van der Waals surface area contributed by atoms with Crippen molar-refractivity contribution >= 4 is 5.78 Å². The molecule has 0 saturated carbocycles. The van der Waals surface area contributed by atoms with Gasteiger partial charge in [-0.3, -0.25) is 4.79 Å². The molecule has 0 aliphatic heterocycles. The summed E-state index contributed by atoms with van der Waals surface area (Å²) in [7, 11) is 0. The summed E-state index contributed by atoms with van der Waals surface area (Å²) in [5.41, 5.74) is 0.104. The second kappa shape index (κ2) is 5.21. The average molecular weight is 182 g/mol. The number of allylic oxidation sites excluding steroid dienone is 2. The maximum absolute atomic E-state index is 11.6. The highest BCUT2D eigenvalue weighted by Crippen LogP contribution is 2.27. The van der Waals surface area contributed by atoms with Crippen molar-refractivity contribution in [3.05, 3.63) is 12.2 Å². The Morgan fingerprint density at radius 2 is 1.92 bits per heavy atom. The Labute approximate surface area is 82.2 Å². The molecule has 0 aromatic carbocycles. The molecule has 76 valence electrons. The molecular formula is C12H22O. The highest BCUT2D eigenvalue weighted by Gasteiger charge is 2.25. The van der Waals surface area contributed by atoms with E-state index in [-0.39, 0.29) is 11.3 Å². The Morgan fingerprint density at radius 1 is 1.38 bits per heavy atom. The monoisotopic (exact) mass is 182 g/mol. The van der Waals surface area contributed by atoms with E-state index in [4.69, 9.17) is 0 Å². The molecule has 0 bridgehead atoms. The van der Waals surface area contributed by atoms with Gasteiger partial charge in [-0.25, -0.2) is 0 Å². The third-order valence-corrected chi connectivity index (χ3v) is 2.58. The van der Waals surface area contributed by atoms with Crippen molar-refractivity contribution in [2.75, 3.05) is 0 Å². The van der Waals surface area contributed by atoms with Crippen LogP contribution in [0.5, 0.6) is 0 Å². The Balaban J connectivity index is 3.97. The van der Waals surface area contributed by atoms with Gasteiger partial charge in [0.1, 0.15) is 5.78 Å². The number of carbonyl (C=O) groups excluding carboxylic acids is 1. The van der Waals surface area contributed by atoms with E-state index in [1.165, 1.54) is 0 Å². The normalized spacial score (nSPS) is 14.8. The molecule has 0 N–H and O–H groups in total. The fourth-order valence-electron chi connectivity index (χ4n) is 1.09. The zero-order valence-electron chi connectivity index (χ0n) is 9.55. The smallest absolute Gasteiger partial charge is 0.136 e. The Hall–Kier alpha value is -0.590. The quantitative estimate of drug-likeness (QED) is 0.607. The van der Waals surface area contributed by atoms with E-state index in [1.807, 2.05) is 26.0 Å². The summed E-state index contributed by atoms with van der Waals surface area (Å²) in [5.74, 6) is 0.545. The largest absolute Gasteiger partial charge is 0.299 e. The zero-order chi connectivity index (χ0) is 10.5. The van der Waals surface area contributed by atoms with Gasteiger partial charge < -0.3 is 0 Å². The van der Waals surface area contributed by atoms with Crippen LogP contribution in [0.1, 0.15) is 47.5 Å². The average Bonchev–Trinajstić information content (AvgIpc) is 2.01. The minimum Gasteiger partial charge on any atom is -0.299 e. The molecule has 0 aromatic rings. The van der Waals surface area contributed by atoms with E-state index >= 15 is 0 Å². The number of hydrogen-bond donors (Lipinski definition) is 0. The van der Waals surface area contributed by atoms with Crippen LogP contribution in [0.25, 0.3) is 0 Å². The van der Waals surface area contributed by atoms with Gasteiger partial charge in [0, 0.05) is 12.3 Å². The highest BCUT2D eigenvalue weighted by atomic mass is 16.1. The summed E-state index contributed by atoms with van der Waals surface area (Å²) in [4.78, 5) is 11.6. The van der Waals surface area contributed by atoms with Crippen LogP contribution in [-0.2, 0) is 4.79 Å². The van der Waals surface area contributed by atoms with Gasteiger partial charge >= 0.3 is 0 Å². The van der Waals surface area contributed by atoms with Gasteiger partial charge in [0.25, 0.3) is 0 Å². The number of hydrogen-bond acceptors (Lipinski definition) is 1. The van der Waals surface area contributed by atoms with Crippen LogP contribution in [0.2, 0.25) is 0 Å². The van der Waals surface area contributed by atoms with E-state index in [1.54, 1.807) is 0 Å². The fraction of sp³-hybridized carbons (Fsp3) is 0.750. The third kappa shape index (κ3) is 4.87. The van der Waals surface area contributed by atoms with Crippen LogP contribution >= 0.6 is 0 Å². The Bertz CT molecular complexity index is 184. The molecule has 0 heterocycles. The van der Waals surface area contributed by atoms with Crippen LogP contribution in [0.4, 0.5) is 0 Å². The van der Waals surface area contributed by atoms with Gasteiger partial charge in [-0.15, -0.1) is 0 Å². The van der Waals surface area contributed by atoms with Crippen molar-refractivity contribution in [1.29, 1.82) is 0 Å². The summed E-state index contributed by atoms with van der Waals surface area (Å²) >= 11 is 0. The molecule has 1 nitrogen and oxygen atoms in total. The summed E-state index contributed by atoms with van der Waals surface area (Å²) in [6.07, 6.45) is 5.61. The summed E-state index contributed by atoms with van der Waals surface area (Å²) < 4.78 is 0. The minimum absolute atomic E-state index is 0.104. The molecule has 0 aliphatic carbocycles. The lowest BCUT2D eigenvalue weighted by Gasteiger charge is -2.25. The predicted octanol–water partition coefficient (Wildman–Crippen LogP) is 3.59. The maximum atomic E-state index is 11.6. The van der Waals surface area contributed by atoms with Crippen LogP contribution in [0, 0.1) is 11.3 Å². The first-order valence-electron chi connectivity index (χ1n) is 5.03. The van der Waals surface area contributed by atoms with Crippen LogP contribution in [0.3, 0.4) is 0 Å². The third-order valence-electron chi connectivity index (χ3n) is 2.58. The topological polar surface area (TPSA) is 17.1 Å². The van der Waals surface area contributed by atoms with Crippen molar-refractivity contribution in [1.82, 2.24) is 0 Å². The standard InChI is InChI=1S/C12H22O/c1-6-7-8-9-11(13)10(2)12(3,4)5/h6-7,10H,8-9H2,1-5H3/b7-6+. The van der Waals surface area contributed by atoms with Gasteiger partial charge in [-0.1, -0.05) is 39.8 Å². The number of rotatable bonds is 4. The van der Waals surface area contributed by atoms with Crippen molar-refractivity contribution in [2.45, 2.75) is 47.5 Å². The molecule has 0 spiro atoms. The van der Waals surface area contributed by atoms with Gasteiger partial charge in [-0.2, -0.15) is 0 Å². The minimum atomic E-state index is 0.104. The molecule has 0 radical (unpaired) electrons. The van der Waals surface area contributed by atoms with Crippen molar-refractivity contribution in [3.8, 4) is 0 Å². The summed E-state index contributed by atoms with van der Waals surface area (Å²) in [6, 6.07) is 0. The second-order valence-electron chi connectivity index (χ2n) is 4.66. The molecule has 13 heavy (non-hydrogen) atoms. The number of carbonyl (C=O) groups is 1. The predicted molar refractivity (Wildman–Crippen MR) is 57.7 cm³/mol. The van der Waals surface area contributed by atoms with Crippen molar-refractivity contribution in [2.24, 2.45) is 11.3 Å². The van der Waals surface area contributed by atoms with E-state index in [0.29, 0.717) is 12.2 Å². The second-order valence-corrected chi connectivity index (χ2v) is 4.66. The number of Topliss-reactive ketones (excluding diaryl/α,β-unsaturated/α-hetero) is 1. The summed E-state index contributed by atoms with van der Waals surface area (Å²) in [5, 5.41) is 0. The van der Waals surface area contributed by atoms with Crippen molar-refractivity contribution < 1.29 is 4.79 Å². The lowest BCUT2D eigenvalue weighted by atomic mass is 9.78. The Kier molecular flexibility index (Phi) is 4.97. The van der Waals surface area contributed by atoms with Gasteiger partial charge in [0.2, 0.25) is 0 Å². The first kappa shape index (κ1) is 12.4. The molecule has 1 unspecified atom stereocenters. The molecular weight excluding hydrogens is 160 g/mol. The molecule has 0 rings (SSSR count). The van der Waals surface area contributed by atoms with E-state index < -0.39 is 0 Å². The molecule has 0 saturated heterocycles. The first-order valence-corrected chi connectivity index (χ1v) is 5.03. The van der Waals surface area contributed by atoms with Crippen LogP contribution in [-0.4, -0.2) is 5.78 Å². The zero-order valence-corrected chi connectivity index (χ0v) is 9.55. The highest BCUT2D eigenvalue weighted by molar-refractivity contribution is 5.81. The van der Waals surface area contributed by atoms with Gasteiger partial charge in [0.05, 0.1) is 0 Å². The molecule has 1 heteroatoms. The lowest BCUT2D eigenvalue weighted by molar-refractivity contribution is -0.125. The molecule has 0 amide bonds. The summed E-state index contributed by atoms with van der Waals surface area (Å²) in [6.45, 7) is 10.4. The molecule has 0 aromatic heterocycles. The van der Waals surface area contributed by atoms with Crippen LogP contribution < -0.4 is 0 Å². The van der Waals surface area contributed by atoms with Gasteiger partial charge in [-0.05, 0) is 18.8 Å². The molecule has 1 atom stereocenters. The lowest BCUT2D eigenvalue weighted by Crippen LogP contribution is -2.25. The first-order chi connectivity index (χ1) is 5.89. The van der Waals surface area contributed by atoms with E-state index in [2.05, 4.69) is 20.8 Å². The van der Waals surface area contributed by atoms with Gasteiger partial charge in [0.15, 0.2) is 0 Å². The molecule has 0 fully saturated rings. The van der Waals surface area contributed by atoms with Crippen molar-refractivity contribution in [3.63, 3.8) is 0 Å². The Morgan fingerprint density at radius 3 is 2.31 bits per heavy atom. The fourth-order valence-corrected chi connectivity index (χ4v) is 1.09. The SMILES string of the molecule is C/C=C/CCC(=O)C(C)C(C)(C)C. The molecule has 0 aliphatic rings. The number of ketones is 1.